The van der Waals surface area contributed by atoms with Gasteiger partial charge in [0.2, 0.25) is 5.89 Å². The second-order valence-electron chi connectivity index (χ2n) is 7.00. The van der Waals surface area contributed by atoms with Crippen LogP contribution in [0.3, 0.4) is 0 Å². The van der Waals surface area contributed by atoms with E-state index in [-0.39, 0.29) is 5.91 Å². The lowest BCUT2D eigenvalue weighted by Crippen LogP contribution is -2.13. The minimum absolute atomic E-state index is 0.135. The lowest BCUT2D eigenvalue weighted by Gasteiger charge is -2.08. The van der Waals surface area contributed by atoms with E-state index in [0.29, 0.717) is 17.1 Å². The molecule has 0 saturated heterocycles. The third-order valence-electron chi connectivity index (χ3n) is 5.04. The molecule has 1 N–H and O–H groups in total. The number of amides is 1. The Hall–Kier alpha value is -3.92. The molecule has 0 aliphatic rings. The molecular formula is C25H18N2O2. The highest BCUT2D eigenvalue weighted by Crippen LogP contribution is 2.30. The van der Waals surface area contributed by atoms with Crippen LogP contribution in [0, 0.1) is 6.92 Å². The highest BCUT2D eigenvalue weighted by Gasteiger charge is 2.13. The first-order valence-corrected chi connectivity index (χ1v) is 9.45. The molecule has 0 radical (unpaired) electrons. The zero-order valence-electron chi connectivity index (χ0n) is 15.8. The summed E-state index contributed by atoms with van der Waals surface area (Å²) in [7, 11) is 0. The van der Waals surface area contributed by atoms with Crippen LogP contribution in [0.4, 0.5) is 5.69 Å². The van der Waals surface area contributed by atoms with Crippen LogP contribution in [-0.2, 0) is 0 Å². The van der Waals surface area contributed by atoms with Crippen LogP contribution in [0.1, 0.15) is 15.9 Å². The highest BCUT2D eigenvalue weighted by molar-refractivity contribution is 6.06. The first kappa shape index (κ1) is 17.2. The quantitative estimate of drug-likeness (QED) is 0.406. The topological polar surface area (TPSA) is 55.1 Å². The molecule has 0 bridgehead atoms. The van der Waals surface area contributed by atoms with Crippen molar-refractivity contribution in [3.63, 3.8) is 0 Å². The van der Waals surface area contributed by atoms with Crippen LogP contribution >= 0.6 is 0 Å². The summed E-state index contributed by atoms with van der Waals surface area (Å²) in [4.78, 5) is 17.3. The van der Waals surface area contributed by atoms with Gasteiger partial charge in [-0.1, -0.05) is 54.6 Å². The number of fused-ring (bicyclic) bond motifs is 3. The molecule has 0 atom stereocenters. The number of hydrogen-bond donors (Lipinski definition) is 1. The average molecular weight is 378 g/mol. The third kappa shape index (κ3) is 3.15. The van der Waals surface area contributed by atoms with E-state index in [9.17, 15) is 4.79 Å². The molecule has 0 saturated carbocycles. The van der Waals surface area contributed by atoms with Gasteiger partial charge in [-0.2, -0.15) is 0 Å². The van der Waals surface area contributed by atoms with Crippen molar-refractivity contribution in [1.29, 1.82) is 0 Å². The van der Waals surface area contributed by atoms with Crippen LogP contribution in [0.5, 0.6) is 0 Å². The largest absolute Gasteiger partial charge is 0.436 e. The van der Waals surface area contributed by atoms with Gasteiger partial charge in [0.25, 0.3) is 5.91 Å². The van der Waals surface area contributed by atoms with Crippen molar-refractivity contribution < 1.29 is 9.21 Å². The molecule has 4 aromatic carbocycles. The molecule has 1 aromatic heterocycles. The number of rotatable bonds is 3. The molecule has 140 valence electrons. The molecule has 4 nitrogen and oxygen atoms in total. The second-order valence-corrected chi connectivity index (χ2v) is 7.00. The van der Waals surface area contributed by atoms with E-state index in [4.69, 9.17) is 9.40 Å². The lowest BCUT2D eigenvalue weighted by molar-refractivity contribution is 0.102. The molecule has 0 spiro atoms. The maximum Gasteiger partial charge on any atom is 0.255 e. The number of aryl methyl sites for hydroxylation is 1. The molecule has 0 aliphatic heterocycles. The minimum Gasteiger partial charge on any atom is -0.436 e. The predicted octanol–water partition coefficient (Wildman–Crippen LogP) is 6.21. The number of carbonyl (C=O) groups excluding carboxylic acids is 1. The molecule has 5 rings (SSSR count). The Kier molecular flexibility index (Phi) is 4.10. The van der Waals surface area contributed by atoms with Crippen molar-refractivity contribution in [2.75, 3.05) is 5.32 Å². The number of benzene rings is 4. The number of nitrogens with one attached hydrogen (secondary N) is 1. The summed E-state index contributed by atoms with van der Waals surface area (Å²) in [6, 6.07) is 27.2. The van der Waals surface area contributed by atoms with Gasteiger partial charge in [0, 0.05) is 22.2 Å². The van der Waals surface area contributed by atoms with Gasteiger partial charge >= 0.3 is 0 Å². The van der Waals surface area contributed by atoms with Gasteiger partial charge in [-0.15, -0.1) is 0 Å². The summed E-state index contributed by atoms with van der Waals surface area (Å²) in [5.74, 6) is 0.396. The monoisotopic (exact) mass is 378 g/mol. The van der Waals surface area contributed by atoms with E-state index in [0.717, 1.165) is 33.0 Å². The zero-order chi connectivity index (χ0) is 19.8. The average Bonchev–Trinajstić information content (AvgIpc) is 3.19. The Balaban J connectivity index is 1.50. The fourth-order valence-electron chi connectivity index (χ4n) is 3.54. The Labute approximate surface area is 167 Å². The first-order chi connectivity index (χ1) is 14.2. The molecule has 1 heterocycles. The predicted molar refractivity (Wildman–Crippen MR) is 116 cm³/mol. The van der Waals surface area contributed by atoms with Gasteiger partial charge < -0.3 is 9.73 Å². The van der Waals surface area contributed by atoms with Crippen LogP contribution < -0.4 is 5.32 Å². The van der Waals surface area contributed by atoms with Crippen molar-refractivity contribution in [2.24, 2.45) is 0 Å². The molecule has 1 amide bonds. The van der Waals surface area contributed by atoms with Crippen molar-refractivity contribution in [1.82, 2.24) is 4.98 Å². The Morgan fingerprint density at radius 1 is 0.897 bits per heavy atom. The summed E-state index contributed by atoms with van der Waals surface area (Å²) in [5.41, 5.74) is 4.69. The van der Waals surface area contributed by atoms with Crippen molar-refractivity contribution in [3.8, 4) is 11.5 Å². The Bertz CT molecular complexity index is 1370. The highest BCUT2D eigenvalue weighted by atomic mass is 16.3. The van der Waals surface area contributed by atoms with Crippen LogP contribution in [0.2, 0.25) is 0 Å². The summed E-state index contributed by atoms with van der Waals surface area (Å²) in [6.45, 7) is 1.92. The maximum absolute atomic E-state index is 12.6. The molecular weight excluding hydrogens is 360 g/mol. The van der Waals surface area contributed by atoms with Crippen LogP contribution in [0.15, 0.2) is 89.3 Å². The Morgan fingerprint density at radius 3 is 2.62 bits per heavy atom. The SMILES string of the molecule is Cc1ccccc1C(=O)Nc1cccc(-c2nc3c(ccc4ccccc43)o2)c1. The van der Waals surface area contributed by atoms with Gasteiger partial charge in [-0.05, 0) is 48.2 Å². The fraction of sp³-hybridized carbons (Fsp3) is 0.0400. The molecule has 0 unspecified atom stereocenters. The molecule has 0 fully saturated rings. The van der Waals surface area contributed by atoms with Crippen molar-refractivity contribution in [3.05, 3.63) is 96.1 Å². The smallest absolute Gasteiger partial charge is 0.255 e. The second kappa shape index (κ2) is 6.91. The van der Waals surface area contributed by atoms with Gasteiger partial charge in [0.05, 0.1) is 0 Å². The first-order valence-electron chi connectivity index (χ1n) is 9.45. The van der Waals surface area contributed by atoms with E-state index in [2.05, 4.69) is 11.4 Å². The zero-order valence-corrected chi connectivity index (χ0v) is 15.8. The number of carbonyl (C=O) groups is 1. The number of anilines is 1. The number of nitrogens with zero attached hydrogens (tertiary/aromatic N) is 1. The van der Waals surface area contributed by atoms with Gasteiger partial charge in [-0.3, -0.25) is 4.79 Å². The van der Waals surface area contributed by atoms with E-state index in [1.807, 2.05) is 85.8 Å². The molecule has 4 heteroatoms. The van der Waals surface area contributed by atoms with Crippen molar-refractivity contribution in [2.45, 2.75) is 6.92 Å². The summed E-state index contributed by atoms with van der Waals surface area (Å²) < 4.78 is 6.00. The number of hydrogen-bond acceptors (Lipinski definition) is 3. The van der Waals surface area contributed by atoms with E-state index >= 15 is 0 Å². The summed E-state index contributed by atoms with van der Waals surface area (Å²) in [6.07, 6.45) is 0. The lowest BCUT2D eigenvalue weighted by atomic mass is 10.1. The maximum atomic E-state index is 12.6. The van der Waals surface area contributed by atoms with E-state index < -0.39 is 0 Å². The van der Waals surface area contributed by atoms with Gasteiger partial charge in [-0.25, -0.2) is 4.98 Å². The van der Waals surface area contributed by atoms with Crippen LogP contribution in [0.25, 0.3) is 33.3 Å². The van der Waals surface area contributed by atoms with Crippen LogP contribution in [-0.4, -0.2) is 10.9 Å². The standard InChI is InChI=1S/C25H18N2O2/c1-16-7-2-4-11-20(16)24(28)26-19-10-6-9-18(15-19)25-27-23-21-12-5-3-8-17(21)13-14-22(23)29-25/h2-15H,1H3,(H,26,28). The Morgan fingerprint density at radius 2 is 1.72 bits per heavy atom. The van der Waals surface area contributed by atoms with Gasteiger partial charge in [0.1, 0.15) is 5.52 Å². The third-order valence-corrected chi connectivity index (χ3v) is 5.04. The summed E-state index contributed by atoms with van der Waals surface area (Å²) >= 11 is 0. The molecule has 5 aromatic rings. The minimum atomic E-state index is -0.135. The van der Waals surface area contributed by atoms with E-state index in [1.165, 1.54) is 0 Å². The van der Waals surface area contributed by atoms with E-state index in [1.54, 1.807) is 0 Å². The number of oxazole rings is 1. The fourth-order valence-corrected chi connectivity index (χ4v) is 3.54. The normalized spacial score (nSPS) is 11.1. The van der Waals surface area contributed by atoms with Gasteiger partial charge in [0.15, 0.2) is 5.58 Å². The van der Waals surface area contributed by atoms with Crippen molar-refractivity contribution >= 4 is 33.5 Å². The summed E-state index contributed by atoms with van der Waals surface area (Å²) in [5, 5.41) is 5.15. The number of aromatic nitrogens is 1. The molecule has 0 aliphatic carbocycles. The molecule has 29 heavy (non-hydrogen) atoms.